The average molecular weight is 433 g/mol. The number of halogens is 13. The van der Waals surface area contributed by atoms with Crippen LogP contribution in [0, 0.1) is 0 Å². The molecule has 4 nitrogen and oxygen atoms in total. The molecule has 0 aromatic heterocycles. The van der Waals surface area contributed by atoms with E-state index in [0.717, 1.165) is 0 Å². The maximum Gasteiger partial charge on any atom is 0.460 e. The van der Waals surface area contributed by atoms with E-state index in [0.29, 0.717) is 0 Å². The molecule has 0 rings (SSSR count). The van der Waals surface area contributed by atoms with Crippen LogP contribution in [-0.2, 0) is 14.9 Å². The molecule has 0 heterocycles. The molecular formula is C6HClF12O4S. The van der Waals surface area contributed by atoms with E-state index in [1.807, 2.05) is 0 Å². The normalized spacial score (nSPS) is 16.4. The first-order valence-electron chi connectivity index (χ1n) is 4.59. The van der Waals surface area contributed by atoms with E-state index < -0.39 is 44.8 Å². The van der Waals surface area contributed by atoms with E-state index in [-0.39, 0.29) is 0 Å². The van der Waals surface area contributed by atoms with Crippen LogP contribution < -0.4 is 0 Å². The highest BCUT2D eigenvalue weighted by molar-refractivity contribution is 7.86. The molecule has 0 saturated carbocycles. The Balaban J connectivity index is 6.04. The topological polar surface area (TPSA) is 63.6 Å². The van der Waals surface area contributed by atoms with Crippen molar-refractivity contribution in [3.63, 3.8) is 0 Å². The van der Waals surface area contributed by atoms with Gasteiger partial charge in [-0.15, -0.1) is 0 Å². The summed E-state index contributed by atoms with van der Waals surface area (Å²) < 4.78 is 179. The predicted molar refractivity (Wildman–Crippen MR) is 48.2 cm³/mol. The highest BCUT2D eigenvalue weighted by Gasteiger charge is 2.84. The monoisotopic (exact) mass is 432 g/mol. The molecule has 146 valence electrons. The highest BCUT2D eigenvalue weighted by Crippen LogP contribution is 2.56. The first kappa shape index (κ1) is 23.3. The van der Waals surface area contributed by atoms with Crippen LogP contribution in [0.4, 0.5) is 52.7 Å². The van der Waals surface area contributed by atoms with Gasteiger partial charge >= 0.3 is 44.8 Å². The maximum absolute atomic E-state index is 12.7. The van der Waals surface area contributed by atoms with Gasteiger partial charge in [0.2, 0.25) is 0 Å². The third kappa shape index (κ3) is 3.48. The van der Waals surface area contributed by atoms with Crippen molar-refractivity contribution in [3.8, 4) is 0 Å². The Labute approximate surface area is 128 Å². The fourth-order valence-electron chi connectivity index (χ4n) is 0.795. The standard InChI is InChI=1S/C6HClF12O4S/c7-3(12,13)1(8,9)2(10,11)4(14,15)23-5(16,17)6(18,19)24(20,21)22/h(H,20,21,22). The third-order valence-electron chi connectivity index (χ3n) is 2.04. The number of rotatable bonds is 7. The fraction of sp³-hybridized carbons (Fsp3) is 1.00. The van der Waals surface area contributed by atoms with Gasteiger partial charge in [-0.05, 0) is 11.6 Å². The van der Waals surface area contributed by atoms with Gasteiger partial charge in [0.05, 0.1) is 0 Å². The van der Waals surface area contributed by atoms with Crippen LogP contribution in [0.1, 0.15) is 0 Å². The molecule has 24 heavy (non-hydrogen) atoms. The van der Waals surface area contributed by atoms with E-state index in [9.17, 15) is 61.1 Å². The highest BCUT2D eigenvalue weighted by atomic mass is 35.5. The van der Waals surface area contributed by atoms with Crippen LogP contribution in [0.3, 0.4) is 0 Å². The lowest BCUT2D eigenvalue weighted by molar-refractivity contribution is -0.484. The molecule has 18 heteroatoms. The molecule has 0 spiro atoms. The van der Waals surface area contributed by atoms with Gasteiger partial charge in [0.1, 0.15) is 0 Å². The Hall–Kier alpha value is -0.680. The summed E-state index contributed by atoms with van der Waals surface area (Å²) in [5, 5.41) is -13.5. The number of hydrogen-bond donors (Lipinski definition) is 1. The maximum atomic E-state index is 12.7. The zero-order valence-corrected chi connectivity index (χ0v) is 11.6. The van der Waals surface area contributed by atoms with Gasteiger partial charge in [-0.25, -0.2) is 4.74 Å². The molecule has 0 aromatic carbocycles. The molecular weight excluding hydrogens is 432 g/mol. The minimum absolute atomic E-state index is 1.39. The summed E-state index contributed by atoms with van der Waals surface area (Å²) in [6.07, 6.45) is -14.8. The zero-order chi connectivity index (χ0) is 20.2. The summed E-state index contributed by atoms with van der Waals surface area (Å²) in [5.74, 6) is -15.0. The van der Waals surface area contributed by atoms with Crippen molar-refractivity contribution in [1.29, 1.82) is 0 Å². The second kappa shape index (κ2) is 5.66. The largest absolute Gasteiger partial charge is 0.460 e. The zero-order valence-electron chi connectivity index (χ0n) is 9.99. The quantitative estimate of drug-likeness (QED) is 0.378. The molecule has 1 N–H and O–H groups in total. The summed E-state index contributed by atoms with van der Waals surface area (Å²) in [6.45, 7) is 0. The minimum Gasteiger partial charge on any atom is -0.281 e. The molecule has 0 unspecified atom stereocenters. The van der Waals surface area contributed by atoms with Gasteiger partial charge in [0, 0.05) is 0 Å². The van der Waals surface area contributed by atoms with Gasteiger partial charge in [0.25, 0.3) is 0 Å². The van der Waals surface area contributed by atoms with Gasteiger partial charge in [-0.3, -0.25) is 4.55 Å². The number of ether oxygens (including phenoxy) is 1. The lowest BCUT2D eigenvalue weighted by Crippen LogP contribution is -2.64. The van der Waals surface area contributed by atoms with E-state index in [1.54, 1.807) is 0 Å². The van der Waals surface area contributed by atoms with Crippen molar-refractivity contribution < 1.29 is 70.4 Å². The first-order chi connectivity index (χ1) is 9.96. The van der Waals surface area contributed by atoms with Gasteiger partial charge in [0.15, 0.2) is 0 Å². The third-order valence-corrected chi connectivity index (χ3v) is 3.16. The van der Waals surface area contributed by atoms with Crippen LogP contribution in [0.5, 0.6) is 0 Å². The lowest BCUT2D eigenvalue weighted by atomic mass is 10.1. The molecule has 0 aromatic rings. The van der Waals surface area contributed by atoms with Gasteiger partial charge in [-0.1, -0.05) is 0 Å². The Morgan fingerprint density at radius 1 is 0.708 bits per heavy atom. The van der Waals surface area contributed by atoms with Crippen molar-refractivity contribution in [2.45, 2.75) is 34.7 Å². The van der Waals surface area contributed by atoms with Crippen molar-refractivity contribution in [2.75, 3.05) is 0 Å². The second-order valence-corrected chi connectivity index (χ2v) is 5.71. The minimum atomic E-state index is -7.63. The van der Waals surface area contributed by atoms with Gasteiger partial charge in [-0.2, -0.15) is 61.1 Å². The fourth-order valence-corrected chi connectivity index (χ4v) is 1.26. The summed E-state index contributed by atoms with van der Waals surface area (Å²) in [5.41, 5.74) is 0. The molecule has 0 atom stereocenters. The predicted octanol–water partition coefficient (Wildman–Crippen LogP) is 3.77. The molecule has 0 radical (unpaired) electrons. The summed E-state index contributed by atoms with van der Waals surface area (Å²) in [4.78, 5) is 0. The van der Waals surface area contributed by atoms with E-state index >= 15 is 0 Å². The smallest absolute Gasteiger partial charge is 0.281 e. The van der Waals surface area contributed by atoms with E-state index in [2.05, 4.69) is 11.6 Å². The Morgan fingerprint density at radius 2 is 1.04 bits per heavy atom. The first-order valence-corrected chi connectivity index (χ1v) is 6.40. The number of alkyl halides is 13. The SMILES string of the molecule is O=S(=O)(O)C(F)(F)C(F)(F)OC(F)(F)C(F)(F)C(F)(F)C(F)(F)Cl. The molecule has 0 saturated heterocycles. The van der Waals surface area contributed by atoms with Crippen LogP contribution >= 0.6 is 11.6 Å². The number of hydrogen-bond acceptors (Lipinski definition) is 3. The van der Waals surface area contributed by atoms with Crippen LogP contribution in [-0.4, -0.2) is 47.7 Å². The second-order valence-electron chi connectivity index (χ2n) is 3.77. The molecule has 0 fully saturated rings. The van der Waals surface area contributed by atoms with E-state index in [1.165, 1.54) is 4.74 Å². The summed E-state index contributed by atoms with van der Waals surface area (Å²) in [7, 11) is -7.29. The Morgan fingerprint density at radius 3 is 1.29 bits per heavy atom. The summed E-state index contributed by atoms with van der Waals surface area (Å²) >= 11 is 3.43. The van der Waals surface area contributed by atoms with E-state index in [4.69, 9.17) is 4.55 Å². The Kier molecular flexibility index (Phi) is 5.50. The lowest BCUT2D eigenvalue weighted by Gasteiger charge is -2.36. The van der Waals surface area contributed by atoms with Gasteiger partial charge < -0.3 is 0 Å². The molecule has 0 aliphatic heterocycles. The molecule has 0 amide bonds. The average Bonchev–Trinajstić information content (AvgIpc) is 2.23. The molecule has 0 aliphatic rings. The molecule has 0 bridgehead atoms. The Bertz CT molecular complexity index is 581. The molecule has 0 aliphatic carbocycles. The van der Waals surface area contributed by atoms with Crippen LogP contribution in [0.2, 0.25) is 0 Å². The summed E-state index contributed by atoms with van der Waals surface area (Å²) in [6, 6.07) is 0. The van der Waals surface area contributed by atoms with Crippen molar-refractivity contribution in [3.05, 3.63) is 0 Å². The van der Waals surface area contributed by atoms with Crippen LogP contribution in [0.25, 0.3) is 0 Å². The van der Waals surface area contributed by atoms with Crippen molar-refractivity contribution >= 4 is 21.7 Å². The van der Waals surface area contributed by atoms with Crippen LogP contribution in [0.15, 0.2) is 0 Å². The van der Waals surface area contributed by atoms with Crippen molar-refractivity contribution in [1.82, 2.24) is 0 Å². The van der Waals surface area contributed by atoms with Crippen molar-refractivity contribution in [2.24, 2.45) is 0 Å².